The molecule has 3 aromatic carbocycles. The molecule has 3 aromatic rings. The Morgan fingerprint density at radius 2 is 1.83 bits per heavy atom. The Balaban J connectivity index is 1.50. The molecule has 29 heavy (non-hydrogen) atoms. The summed E-state index contributed by atoms with van der Waals surface area (Å²) in [5, 5.41) is 0.866. The lowest BCUT2D eigenvalue weighted by molar-refractivity contribution is 0.101. The molecule has 0 amide bonds. The number of rotatable bonds is 5. The van der Waals surface area contributed by atoms with Gasteiger partial charge in [-0.15, -0.1) is 0 Å². The van der Waals surface area contributed by atoms with E-state index in [0.29, 0.717) is 33.7 Å². The first kappa shape index (κ1) is 19.4. The Morgan fingerprint density at radius 1 is 0.966 bits per heavy atom. The zero-order chi connectivity index (χ0) is 20.4. The molecule has 0 saturated heterocycles. The highest BCUT2D eigenvalue weighted by Gasteiger charge is 2.27. The van der Waals surface area contributed by atoms with Crippen LogP contribution in [0.3, 0.4) is 0 Å². The van der Waals surface area contributed by atoms with E-state index in [1.54, 1.807) is 49.6 Å². The Labute approximate surface area is 178 Å². The molecule has 146 valence electrons. The molecular formula is C23H16Cl2O4. The van der Waals surface area contributed by atoms with Crippen LogP contribution in [-0.4, -0.2) is 12.9 Å². The quantitative estimate of drug-likeness (QED) is 0.455. The number of ketones is 1. The Kier molecular flexibility index (Phi) is 5.47. The second-order valence-corrected chi connectivity index (χ2v) is 7.23. The molecule has 0 unspecified atom stereocenters. The number of carbonyl (C=O) groups is 1. The number of hydrogen-bond donors (Lipinski definition) is 0. The second kappa shape index (κ2) is 8.19. The zero-order valence-corrected chi connectivity index (χ0v) is 17.0. The average molecular weight is 427 g/mol. The number of fused-ring (bicyclic) bond motifs is 1. The van der Waals surface area contributed by atoms with Crippen molar-refractivity contribution in [3.8, 4) is 17.2 Å². The molecule has 1 aliphatic rings. The van der Waals surface area contributed by atoms with E-state index in [9.17, 15) is 4.79 Å². The van der Waals surface area contributed by atoms with E-state index in [2.05, 4.69) is 0 Å². The molecule has 0 aliphatic carbocycles. The Bertz CT molecular complexity index is 1120. The van der Waals surface area contributed by atoms with E-state index >= 15 is 0 Å². The van der Waals surface area contributed by atoms with Gasteiger partial charge >= 0.3 is 0 Å². The highest BCUT2D eigenvalue weighted by Crippen LogP contribution is 2.35. The van der Waals surface area contributed by atoms with Crippen LogP contribution in [0.15, 0.2) is 66.4 Å². The maximum atomic E-state index is 12.6. The maximum Gasteiger partial charge on any atom is 0.231 e. The first-order valence-electron chi connectivity index (χ1n) is 8.82. The maximum absolute atomic E-state index is 12.6. The molecule has 0 N–H and O–H groups in total. The van der Waals surface area contributed by atoms with Crippen molar-refractivity contribution in [2.45, 2.75) is 6.61 Å². The molecule has 0 aromatic heterocycles. The number of ether oxygens (including phenoxy) is 3. The summed E-state index contributed by atoms with van der Waals surface area (Å²) in [6, 6.07) is 17.9. The third kappa shape index (κ3) is 4.24. The molecule has 1 heterocycles. The minimum absolute atomic E-state index is 0.189. The number of methoxy groups -OCH3 is 1. The van der Waals surface area contributed by atoms with E-state index in [0.717, 1.165) is 16.9 Å². The third-order valence-electron chi connectivity index (χ3n) is 4.42. The normalized spacial score (nSPS) is 13.9. The fraction of sp³-hybridized carbons (Fsp3) is 0.0870. The summed E-state index contributed by atoms with van der Waals surface area (Å²) in [6.45, 7) is 0.371. The van der Waals surface area contributed by atoms with Gasteiger partial charge < -0.3 is 14.2 Å². The molecule has 6 heteroatoms. The van der Waals surface area contributed by atoms with Crippen LogP contribution in [0, 0.1) is 0 Å². The first-order chi connectivity index (χ1) is 14.0. The van der Waals surface area contributed by atoms with Crippen molar-refractivity contribution in [1.82, 2.24) is 0 Å². The lowest BCUT2D eigenvalue weighted by Gasteiger charge is -2.08. The van der Waals surface area contributed by atoms with Gasteiger partial charge in [0, 0.05) is 6.07 Å². The van der Waals surface area contributed by atoms with E-state index in [1.165, 1.54) is 0 Å². The number of benzene rings is 3. The second-order valence-electron chi connectivity index (χ2n) is 6.41. The van der Waals surface area contributed by atoms with Crippen LogP contribution in [0.2, 0.25) is 10.0 Å². The summed E-state index contributed by atoms with van der Waals surface area (Å²) in [4.78, 5) is 12.6. The fourth-order valence-corrected chi connectivity index (χ4v) is 3.25. The van der Waals surface area contributed by atoms with Gasteiger partial charge in [-0.2, -0.15) is 0 Å². The summed E-state index contributed by atoms with van der Waals surface area (Å²) >= 11 is 12.0. The number of hydrogen-bond acceptors (Lipinski definition) is 4. The molecule has 1 aliphatic heterocycles. The molecular weight excluding hydrogens is 411 g/mol. The van der Waals surface area contributed by atoms with Gasteiger partial charge in [-0.1, -0.05) is 41.4 Å². The Morgan fingerprint density at radius 3 is 2.62 bits per heavy atom. The predicted octanol–water partition coefficient (Wildman–Crippen LogP) is 6.20. The summed E-state index contributed by atoms with van der Waals surface area (Å²) in [5.74, 6) is 1.87. The van der Waals surface area contributed by atoms with Crippen molar-refractivity contribution < 1.29 is 19.0 Å². The first-order valence-corrected chi connectivity index (χ1v) is 9.58. The number of carbonyl (C=O) groups excluding carboxylic acids is 1. The number of allylic oxidation sites excluding steroid dienone is 1. The van der Waals surface area contributed by atoms with Gasteiger partial charge in [0.15, 0.2) is 5.76 Å². The van der Waals surface area contributed by atoms with Crippen LogP contribution in [0.4, 0.5) is 0 Å². The van der Waals surface area contributed by atoms with Gasteiger partial charge in [-0.05, 0) is 53.6 Å². The summed E-state index contributed by atoms with van der Waals surface area (Å²) in [5.41, 5.74) is 2.19. The molecule has 4 nitrogen and oxygen atoms in total. The molecule has 0 fully saturated rings. The van der Waals surface area contributed by atoms with E-state index in [-0.39, 0.29) is 11.5 Å². The van der Waals surface area contributed by atoms with Gasteiger partial charge in [-0.3, -0.25) is 4.79 Å². The zero-order valence-electron chi connectivity index (χ0n) is 15.4. The van der Waals surface area contributed by atoms with Gasteiger partial charge in [-0.25, -0.2) is 0 Å². The van der Waals surface area contributed by atoms with Crippen molar-refractivity contribution in [2.75, 3.05) is 7.11 Å². The predicted molar refractivity (Wildman–Crippen MR) is 113 cm³/mol. The highest BCUT2D eigenvalue weighted by molar-refractivity contribution is 6.42. The van der Waals surface area contributed by atoms with E-state index in [1.807, 2.05) is 24.3 Å². The van der Waals surface area contributed by atoms with Crippen molar-refractivity contribution in [2.24, 2.45) is 0 Å². The van der Waals surface area contributed by atoms with E-state index in [4.69, 9.17) is 37.4 Å². The van der Waals surface area contributed by atoms with Crippen molar-refractivity contribution >= 4 is 35.1 Å². The molecule has 0 atom stereocenters. The fourth-order valence-electron chi connectivity index (χ4n) is 2.94. The minimum Gasteiger partial charge on any atom is -0.497 e. The molecule has 4 rings (SSSR count). The lowest BCUT2D eigenvalue weighted by Crippen LogP contribution is -1.98. The van der Waals surface area contributed by atoms with Crippen molar-refractivity contribution in [3.05, 3.63) is 93.2 Å². The summed E-state index contributed by atoms with van der Waals surface area (Å²) in [6.07, 6.45) is 1.64. The van der Waals surface area contributed by atoms with Crippen LogP contribution >= 0.6 is 23.2 Å². The number of halogens is 2. The SMILES string of the molecule is COc1cccc(COc2ccc3c(c2)OC(=Cc2ccc(Cl)c(Cl)c2)C3=O)c1. The minimum atomic E-state index is -0.189. The number of Topliss-reactive ketones (excluding diaryl/α,β-unsaturated/α-hetero) is 1. The Hall–Kier alpha value is -2.95. The van der Waals surface area contributed by atoms with Crippen LogP contribution in [-0.2, 0) is 6.61 Å². The smallest absolute Gasteiger partial charge is 0.231 e. The molecule has 0 bridgehead atoms. The van der Waals surface area contributed by atoms with Gasteiger partial charge in [0.25, 0.3) is 0 Å². The summed E-state index contributed by atoms with van der Waals surface area (Å²) < 4.78 is 16.8. The van der Waals surface area contributed by atoms with Crippen molar-refractivity contribution in [1.29, 1.82) is 0 Å². The monoisotopic (exact) mass is 426 g/mol. The summed E-state index contributed by atoms with van der Waals surface area (Å²) in [7, 11) is 1.62. The van der Waals surface area contributed by atoms with Gasteiger partial charge in [0.1, 0.15) is 23.9 Å². The largest absolute Gasteiger partial charge is 0.497 e. The van der Waals surface area contributed by atoms with Crippen LogP contribution in [0.1, 0.15) is 21.5 Å². The van der Waals surface area contributed by atoms with E-state index < -0.39 is 0 Å². The standard InChI is InChI=1S/C23H16Cl2O4/c1-27-16-4-2-3-15(9-16)13-28-17-6-7-18-21(12-17)29-22(23(18)26)11-14-5-8-19(24)20(25)10-14/h2-12H,13H2,1H3. The van der Waals surface area contributed by atoms with Gasteiger partial charge in [0.05, 0.1) is 22.7 Å². The average Bonchev–Trinajstić information content (AvgIpc) is 3.04. The van der Waals surface area contributed by atoms with Gasteiger partial charge in [0.2, 0.25) is 5.78 Å². The molecule has 0 saturated carbocycles. The topological polar surface area (TPSA) is 44.8 Å². The molecule has 0 spiro atoms. The molecule has 0 radical (unpaired) electrons. The van der Waals surface area contributed by atoms with Crippen molar-refractivity contribution in [3.63, 3.8) is 0 Å². The third-order valence-corrected chi connectivity index (χ3v) is 5.16. The van der Waals surface area contributed by atoms with Crippen LogP contribution in [0.25, 0.3) is 6.08 Å². The lowest BCUT2D eigenvalue weighted by atomic mass is 10.1. The highest BCUT2D eigenvalue weighted by atomic mass is 35.5. The van der Waals surface area contributed by atoms with Crippen LogP contribution < -0.4 is 14.2 Å². The van der Waals surface area contributed by atoms with Crippen LogP contribution in [0.5, 0.6) is 17.2 Å².